The molecule has 2 amide bonds. The van der Waals surface area contributed by atoms with E-state index >= 15 is 0 Å². The van der Waals surface area contributed by atoms with Crippen LogP contribution >= 0.6 is 0 Å². The Labute approximate surface area is 215 Å². The number of carbonyl (C=O) groups is 2. The van der Waals surface area contributed by atoms with Crippen LogP contribution in [0.3, 0.4) is 0 Å². The third kappa shape index (κ3) is 3.60. The Balaban J connectivity index is 1.41. The second-order valence-corrected chi connectivity index (χ2v) is 10.0. The number of halogens is 2. The number of alkyl halides is 2. The molecule has 38 heavy (non-hydrogen) atoms. The number of amides is 2. The molecule has 3 aromatic heterocycles. The van der Waals surface area contributed by atoms with Crippen LogP contribution in [0, 0.1) is 0 Å². The molecule has 0 bridgehead atoms. The Morgan fingerprint density at radius 2 is 1.95 bits per heavy atom. The first-order chi connectivity index (χ1) is 18.0. The standard InChI is InChI=1S/C25H24F2N8O3/c1-13(36)34-8-7-33(23(37)24(34,2)3)15-6-4-5-14(9-15)18-10-16(19-20(28)29-12-30-35(18)19)21-31-32-22(38-21)17-11-25(17,26)27/h4-6,9-10,12,17H,7-8,11H2,1-3H3,(H2,28,29,30). The summed E-state index contributed by atoms with van der Waals surface area (Å²) in [5.41, 5.74) is 7.92. The van der Waals surface area contributed by atoms with Crippen molar-refractivity contribution >= 4 is 28.8 Å². The highest BCUT2D eigenvalue weighted by atomic mass is 19.3. The topological polar surface area (TPSA) is 136 Å². The van der Waals surface area contributed by atoms with E-state index < -0.39 is 17.4 Å². The lowest BCUT2D eigenvalue weighted by Gasteiger charge is -2.45. The lowest BCUT2D eigenvalue weighted by atomic mass is 9.96. The van der Waals surface area contributed by atoms with Crippen LogP contribution in [-0.4, -0.2) is 66.1 Å². The maximum atomic E-state index is 13.5. The van der Waals surface area contributed by atoms with Crippen molar-refractivity contribution in [3.63, 3.8) is 0 Å². The van der Waals surface area contributed by atoms with Gasteiger partial charge in [0.15, 0.2) is 5.82 Å². The van der Waals surface area contributed by atoms with E-state index in [-0.39, 0.29) is 35.8 Å². The molecule has 1 saturated carbocycles. The van der Waals surface area contributed by atoms with E-state index in [9.17, 15) is 18.4 Å². The van der Waals surface area contributed by atoms with E-state index in [1.54, 1.807) is 34.2 Å². The van der Waals surface area contributed by atoms with E-state index in [1.165, 1.54) is 13.3 Å². The van der Waals surface area contributed by atoms with Crippen molar-refractivity contribution in [2.75, 3.05) is 23.7 Å². The molecule has 1 aromatic carbocycles. The van der Waals surface area contributed by atoms with Crippen molar-refractivity contribution in [3.05, 3.63) is 42.5 Å². The Kier molecular flexibility index (Phi) is 5.07. The number of fused-ring (bicyclic) bond motifs is 1. The van der Waals surface area contributed by atoms with Crippen LogP contribution in [0.25, 0.3) is 28.2 Å². The summed E-state index contributed by atoms with van der Waals surface area (Å²) in [6.07, 6.45) is 0.973. The summed E-state index contributed by atoms with van der Waals surface area (Å²) in [6, 6.07) is 9.04. The van der Waals surface area contributed by atoms with E-state index in [0.717, 1.165) is 0 Å². The van der Waals surface area contributed by atoms with Gasteiger partial charge >= 0.3 is 0 Å². The van der Waals surface area contributed by atoms with Gasteiger partial charge in [0, 0.05) is 37.7 Å². The van der Waals surface area contributed by atoms with Crippen LogP contribution < -0.4 is 10.6 Å². The highest BCUT2D eigenvalue weighted by Crippen LogP contribution is 2.55. The fourth-order valence-electron chi connectivity index (χ4n) is 5.06. The van der Waals surface area contributed by atoms with Gasteiger partial charge < -0.3 is 20.0 Å². The minimum absolute atomic E-state index is 0.0291. The molecule has 0 spiro atoms. The summed E-state index contributed by atoms with van der Waals surface area (Å²) < 4.78 is 34.3. The number of benzene rings is 1. The van der Waals surface area contributed by atoms with Gasteiger partial charge in [0.2, 0.25) is 17.7 Å². The number of nitrogens with zero attached hydrogens (tertiary/aromatic N) is 7. The first kappa shape index (κ1) is 23.9. The van der Waals surface area contributed by atoms with Crippen molar-refractivity contribution in [2.45, 2.75) is 44.6 Å². The molecule has 1 atom stereocenters. The summed E-state index contributed by atoms with van der Waals surface area (Å²) in [4.78, 5) is 32.7. The smallest absolute Gasteiger partial charge is 0.260 e. The lowest BCUT2D eigenvalue weighted by molar-refractivity contribution is -0.145. The van der Waals surface area contributed by atoms with Crippen molar-refractivity contribution in [1.82, 2.24) is 29.7 Å². The van der Waals surface area contributed by atoms with Crippen molar-refractivity contribution in [2.24, 2.45) is 0 Å². The minimum atomic E-state index is -2.84. The third-order valence-corrected chi connectivity index (χ3v) is 7.20. The van der Waals surface area contributed by atoms with Crippen molar-refractivity contribution in [1.29, 1.82) is 0 Å². The van der Waals surface area contributed by atoms with Gasteiger partial charge in [-0.3, -0.25) is 9.59 Å². The summed E-state index contributed by atoms with van der Waals surface area (Å²) >= 11 is 0. The quantitative estimate of drug-likeness (QED) is 0.432. The van der Waals surface area contributed by atoms with Gasteiger partial charge in [-0.05, 0) is 32.0 Å². The summed E-state index contributed by atoms with van der Waals surface area (Å²) in [6.45, 7) is 5.67. The molecule has 196 valence electrons. The third-order valence-electron chi connectivity index (χ3n) is 7.20. The number of nitrogen functional groups attached to an aromatic ring is 1. The fourth-order valence-corrected chi connectivity index (χ4v) is 5.06. The highest BCUT2D eigenvalue weighted by molar-refractivity contribution is 6.03. The number of aromatic nitrogens is 5. The molecule has 4 heterocycles. The normalized spacial score (nSPS) is 20.2. The molecule has 0 radical (unpaired) electrons. The number of carbonyl (C=O) groups excluding carboxylic acids is 2. The largest absolute Gasteiger partial charge is 0.420 e. The zero-order chi connectivity index (χ0) is 27.0. The number of hydrogen-bond donors (Lipinski definition) is 1. The minimum Gasteiger partial charge on any atom is -0.420 e. The maximum absolute atomic E-state index is 13.5. The molecule has 1 aliphatic carbocycles. The number of rotatable bonds is 4. The maximum Gasteiger partial charge on any atom is 0.260 e. The van der Waals surface area contributed by atoms with Crippen LogP contribution in [-0.2, 0) is 9.59 Å². The summed E-state index contributed by atoms with van der Waals surface area (Å²) in [5, 5.41) is 12.2. The molecular weight excluding hydrogens is 498 g/mol. The first-order valence-corrected chi connectivity index (χ1v) is 12.0. The Bertz CT molecular complexity index is 1610. The molecule has 4 aromatic rings. The van der Waals surface area contributed by atoms with Crippen LogP contribution in [0.2, 0.25) is 0 Å². The van der Waals surface area contributed by atoms with Gasteiger partial charge in [-0.1, -0.05) is 12.1 Å². The second kappa shape index (κ2) is 8.04. The van der Waals surface area contributed by atoms with Crippen LogP contribution in [0.5, 0.6) is 0 Å². The molecule has 1 aliphatic heterocycles. The van der Waals surface area contributed by atoms with Crippen molar-refractivity contribution in [3.8, 4) is 22.7 Å². The predicted molar refractivity (Wildman–Crippen MR) is 132 cm³/mol. The lowest BCUT2D eigenvalue weighted by Crippen LogP contribution is -2.64. The average molecular weight is 523 g/mol. The molecule has 11 nitrogen and oxygen atoms in total. The van der Waals surface area contributed by atoms with Gasteiger partial charge in [0.25, 0.3) is 11.8 Å². The van der Waals surface area contributed by atoms with E-state index in [2.05, 4.69) is 20.3 Å². The molecule has 2 aliphatic rings. The Morgan fingerprint density at radius 3 is 2.66 bits per heavy atom. The van der Waals surface area contributed by atoms with Crippen LogP contribution in [0.15, 0.2) is 41.1 Å². The molecule has 1 unspecified atom stereocenters. The molecule has 6 rings (SSSR count). The molecular formula is C25H24F2N8O3. The molecule has 13 heteroatoms. The van der Waals surface area contributed by atoms with Gasteiger partial charge in [0.05, 0.1) is 11.3 Å². The van der Waals surface area contributed by atoms with E-state index in [4.69, 9.17) is 10.2 Å². The van der Waals surface area contributed by atoms with E-state index in [1.807, 2.05) is 24.3 Å². The zero-order valence-electron chi connectivity index (χ0n) is 20.9. The van der Waals surface area contributed by atoms with Crippen molar-refractivity contribution < 1.29 is 22.8 Å². The highest BCUT2D eigenvalue weighted by Gasteiger charge is 2.61. The van der Waals surface area contributed by atoms with Gasteiger partial charge in [0.1, 0.15) is 23.3 Å². The molecule has 2 fully saturated rings. The van der Waals surface area contributed by atoms with E-state index in [0.29, 0.717) is 41.1 Å². The Hall–Kier alpha value is -4.42. The van der Waals surface area contributed by atoms with Gasteiger partial charge in [-0.25, -0.2) is 18.3 Å². The fraction of sp³-hybridized carbons (Fsp3) is 0.360. The average Bonchev–Trinajstić information content (AvgIpc) is 3.21. The Morgan fingerprint density at radius 1 is 1.18 bits per heavy atom. The van der Waals surface area contributed by atoms with Gasteiger partial charge in [-0.2, -0.15) is 5.10 Å². The number of piperazine rings is 1. The number of hydrogen-bond acceptors (Lipinski definition) is 8. The molecule has 2 N–H and O–H groups in total. The number of nitrogens with two attached hydrogens (primary N) is 1. The monoisotopic (exact) mass is 522 g/mol. The van der Waals surface area contributed by atoms with Crippen LogP contribution in [0.1, 0.15) is 39.0 Å². The first-order valence-electron chi connectivity index (χ1n) is 12.0. The van der Waals surface area contributed by atoms with Crippen LogP contribution in [0.4, 0.5) is 20.3 Å². The second-order valence-electron chi connectivity index (χ2n) is 10.0. The molecule has 1 saturated heterocycles. The summed E-state index contributed by atoms with van der Waals surface area (Å²) in [7, 11) is 0. The SMILES string of the molecule is CC(=O)N1CCN(c2cccc(-c3cc(-c4nnc(C5CC5(F)F)o4)c4c(N)ncnn34)c2)C(=O)C1(C)C. The zero-order valence-corrected chi connectivity index (χ0v) is 20.9. The van der Waals surface area contributed by atoms with Gasteiger partial charge in [-0.15, -0.1) is 10.2 Å². The predicted octanol–water partition coefficient (Wildman–Crippen LogP) is 3.12. The summed E-state index contributed by atoms with van der Waals surface area (Å²) in [5.74, 6) is -4.24. The number of anilines is 2.